The fraction of sp³-hybridized carbons (Fsp3) is 0.550. The zero-order valence-electron chi connectivity index (χ0n) is 14.3. The van der Waals surface area contributed by atoms with Crippen molar-refractivity contribution in [3.63, 3.8) is 0 Å². The smallest absolute Gasteiger partial charge is 0.317 e. The predicted molar refractivity (Wildman–Crippen MR) is 97.3 cm³/mol. The molecule has 0 bridgehead atoms. The van der Waals surface area contributed by atoms with Crippen LogP contribution in [0.25, 0.3) is 10.9 Å². The van der Waals surface area contributed by atoms with Crippen LogP contribution in [0.15, 0.2) is 30.3 Å². The lowest BCUT2D eigenvalue weighted by atomic mass is 9.93. The van der Waals surface area contributed by atoms with E-state index in [9.17, 15) is 4.79 Å². The van der Waals surface area contributed by atoms with Crippen molar-refractivity contribution in [1.29, 1.82) is 0 Å². The van der Waals surface area contributed by atoms with Gasteiger partial charge in [-0.1, -0.05) is 37.5 Å². The number of urea groups is 1. The number of aromatic amines is 1. The monoisotopic (exact) mass is 325 g/mol. The lowest BCUT2D eigenvalue weighted by Crippen LogP contribution is -2.48. The number of hydrogen-bond acceptors (Lipinski definition) is 1. The van der Waals surface area contributed by atoms with Gasteiger partial charge in [0.25, 0.3) is 0 Å². The summed E-state index contributed by atoms with van der Waals surface area (Å²) in [5.41, 5.74) is 2.54. The van der Waals surface area contributed by atoms with Gasteiger partial charge in [0.2, 0.25) is 0 Å². The molecular weight excluding hydrogens is 298 g/mol. The average molecular weight is 325 g/mol. The molecule has 4 nitrogen and oxygen atoms in total. The van der Waals surface area contributed by atoms with Crippen LogP contribution in [-0.4, -0.2) is 35.0 Å². The van der Waals surface area contributed by atoms with E-state index in [2.05, 4.69) is 40.6 Å². The summed E-state index contributed by atoms with van der Waals surface area (Å²) in [5.74, 6) is 0.538. The van der Waals surface area contributed by atoms with Gasteiger partial charge < -0.3 is 15.2 Å². The molecule has 0 spiro atoms. The molecule has 1 aromatic heterocycles. The molecule has 0 radical (unpaired) electrons. The van der Waals surface area contributed by atoms with Crippen LogP contribution in [0.2, 0.25) is 0 Å². The summed E-state index contributed by atoms with van der Waals surface area (Å²) in [5, 5.41) is 4.53. The minimum atomic E-state index is 0.150. The zero-order valence-corrected chi connectivity index (χ0v) is 14.3. The van der Waals surface area contributed by atoms with Crippen molar-refractivity contribution in [3.8, 4) is 0 Å². The minimum Gasteiger partial charge on any atom is -0.358 e. The molecule has 2 aromatic rings. The zero-order chi connectivity index (χ0) is 16.4. The van der Waals surface area contributed by atoms with Gasteiger partial charge >= 0.3 is 6.03 Å². The highest BCUT2D eigenvalue weighted by Crippen LogP contribution is 2.30. The van der Waals surface area contributed by atoms with Crippen LogP contribution in [0.1, 0.15) is 56.6 Å². The van der Waals surface area contributed by atoms with Crippen LogP contribution in [0.4, 0.5) is 4.79 Å². The molecule has 2 fully saturated rings. The maximum Gasteiger partial charge on any atom is 0.317 e. The van der Waals surface area contributed by atoms with Gasteiger partial charge in [-0.15, -0.1) is 0 Å². The van der Waals surface area contributed by atoms with Crippen LogP contribution in [0, 0.1) is 0 Å². The SMILES string of the molecule is O=C(NC1CCCCC1)N1CCC(c2cc3ccccc3[nH]2)CC1. The number of para-hydroxylation sites is 1. The van der Waals surface area contributed by atoms with Crippen molar-refractivity contribution in [2.75, 3.05) is 13.1 Å². The van der Waals surface area contributed by atoms with E-state index < -0.39 is 0 Å². The first-order valence-electron chi connectivity index (χ1n) is 9.43. The highest BCUT2D eigenvalue weighted by molar-refractivity contribution is 5.80. The molecular formula is C20H27N3O. The van der Waals surface area contributed by atoms with E-state index in [4.69, 9.17) is 0 Å². The fourth-order valence-electron chi connectivity index (χ4n) is 4.22. The maximum atomic E-state index is 12.5. The van der Waals surface area contributed by atoms with Gasteiger partial charge in [0.15, 0.2) is 0 Å². The van der Waals surface area contributed by atoms with E-state index in [-0.39, 0.29) is 6.03 Å². The van der Waals surface area contributed by atoms with Crippen molar-refractivity contribution in [1.82, 2.24) is 15.2 Å². The first kappa shape index (κ1) is 15.6. The molecule has 2 aliphatic rings. The molecule has 0 atom stereocenters. The van der Waals surface area contributed by atoms with E-state index in [1.165, 1.54) is 35.9 Å². The van der Waals surface area contributed by atoms with Gasteiger partial charge in [0.1, 0.15) is 0 Å². The third-order valence-electron chi connectivity index (χ3n) is 5.71. The second-order valence-electron chi connectivity index (χ2n) is 7.36. The van der Waals surface area contributed by atoms with Crippen LogP contribution in [0.5, 0.6) is 0 Å². The molecule has 2 heterocycles. The molecule has 1 aliphatic carbocycles. The highest BCUT2D eigenvalue weighted by atomic mass is 16.2. The summed E-state index contributed by atoms with van der Waals surface area (Å²) in [6.07, 6.45) is 8.23. The second-order valence-corrected chi connectivity index (χ2v) is 7.36. The number of aromatic nitrogens is 1. The highest BCUT2D eigenvalue weighted by Gasteiger charge is 2.26. The molecule has 1 aliphatic heterocycles. The summed E-state index contributed by atoms with van der Waals surface area (Å²) in [6, 6.07) is 11.3. The Morgan fingerprint density at radius 3 is 2.54 bits per heavy atom. The predicted octanol–water partition coefficient (Wildman–Crippen LogP) is 4.39. The number of benzene rings is 1. The number of fused-ring (bicyclic) bond motifs is 1. The van der Waals surface area contributed by atoms with Crippen LogP contribution in [0.3, 0.4) is 0 Å². The Bertz CT molecular complexity index is 661. The number of nitrogens with zero attached hydrogens (tertiary/aromatic N) is 1. The maximum absolute atomic E-state index is 12.5. The van der Waals surface area contributed by atoms with E-state index in [0.29, 0.717) is 12.0 Å². The number of likely N-dealkylation sites (tertiary alicyclic amines) is 1. The summed E-state index contributed by atoms with van der Waals surface area (Å²) in [4.78, 5) is 18.0. The van der Waals surface area contributed by atoms with Crippen molar-refractivity contribution in [2.24, 2.45) is 0 Å². The number of amides is 2. The van der Waals surface area contributed by atoms with Gasteiger partial charge in [-0.2, -0.15) is 0 Å². The Balaban J connectivity index is 1.33. The minimum absolute atomic E-state index is 0.150. The molecule has 4 heteroatoms. The van der Waals surface area contributed by atoms with Crippen molar-refractivity contribution < 1.29 is 4.79 Å². The third-order valence-corrected chi connectivity index (χ3v) is 5.71. The molecule has 2 amide bonds. The molecule has 1 saturated heterocycles. The van der Waals surface area contributed by atoms with Crippen LogP contribution in [-0.2, 0) is 0 Å². The number of nitrogens with one attached hydrogen (secondary N) is 2. The van der Waals surface area contributed by atoms with Gasteiger partial charge in [-0.25, -0.2) is 4.79 Å². The van der Waals surface area contributed by atoms with Gasteiger partial charge in [-0.3, -0.25) is 0 Å². The number of H-pyrrole nitrogens is 1. The molecule has 24 heavy (non-hydrogen) atoms. The van der Waals surface area contributed by atoms with E-state index in [0.717, 1.165) is 38.8 Å². The molecule has 2 N–H and O–H groups in total. The standard InChI is InChI=1S/C20H27N3O/c24-20(21-17-7-2-1-3-8-17)23-12-10-15(11-13-23)19-14-16-6-4-5-9-18(16)22-19/h4-6,9,14-15,17,22H,1-3,7-8,10-13H2,(H,21,24). The van der Waals surface area contributed by atoms with E-state index in [1.54, 1.807) is 0 Å². The molecule has 128 valence electrons. The second kappa shape index (κ2) is 6.88. The van der Waals surface area contributed by atoms with Crippen LogP contribution >= 0.6 is 0 Å². The topological polar surface area (TPSA) is 48.1 Å². The van der Waals surface area contributed by atoms with Gasteiger partial charge in [0, 0.05) is 36.3 Å². The summed E-state index contributed by atoms with van der Waals surface area (Å²) < 4.78 is 0. The van der Waals surface area contributed by atoms with Crippen molar-refractivity contribution in [2.45, 2.75) is 56.9 Å². The van der Waals surface area contributed by atoms with Crippen LogP contribution < -0.4 is 5.32 Å². The number of carbonyl (C=O) groups excluding carboxylic acids is 1. The van der Waals surface area contributed by atoms with Crippen molar-refractivity contribution in [3.05, 3.63) is 36.0 Å². The van der Waals surface area contributed by atoms with Gasteiger partial charge in [0.05, 0.1) is 0 Å². The Kier molecular flexibility index (Phi) is 4.46. The summed E-state index contributed by atoms with van der Waals surface area (Å²) in [7, 11) is 0. The van der Waals surface area contributed by atoms with E-state index in [1.807, 2.05) is 4.90 Å². The number of piperidine rings is 1. The Hall–Kier alpha value is -1.97. The average Bonchev–Trinajstić information content (AvgIpc) is 3.07. The largest absolute Gasteiger partial charge is 0.358 e. The summed E-state index contributed by atoms with van der Waals surface area (Å²) >= 11 is 0. The van der Waals surface area contributed by atoms with Crippen molar-refractivity contribution >= 4 is 16.9 Å². The van der Waals surface area contributed by atoms with Gasteiger partial charge in [-0.05, 0) is 43.2 Å². The normalized spacial score (nSPS) is 20.4. The molecule has 1 aromatic carbocycles. The first-order valence-corrected chi connectivity index (χ1v) is 9.43. The Labute approximate surface area is 143 Å². The van der Waals surface area contributed by atoms with E-state index >= 15 is 0 Å². The number of hydrogen-bond donors (Lipinski definition) is 2. The lowest BCUT2D eigenvalue weighted by molar-refractivity contribution is 0.174. The Morgan fingerprint density at radius 1 is 1.04 bits per heavy atom. The molecule has 0 unspecified atom stereocenters. The lowest BCUT2D eigenvalue weighted by Gasteiger charge is -2.33. The first-order chi connectivity index (χ1) is 11.8. The molecule has 1 saturated carbocycles. The number of rotatable bonds is 2. The number of carbonyl (C=O) groups is 1. The Morgan fingerprint density at radius 2 is 1.79 bits per heavy atom. The fourth-order valence-corrected chi connectivity index (χ4v) is 4.22. The quantitative estimate of drug-likeness (QED) is 0.845. The third kappa shape index (κ3) is 3.28. The summed E-state index contributed by atoms with van der Waals surface area (Å²) in [6.45, 7) is 1.72. The molecule has 4 rings (SSSR count).